The molecule has 3 fully saturated rings. The van der Waals surface area contributed by atoms with Crippen molar-refractivity contribution in [2.24, 2.45) is 5.92 Å². The average molecular weight is 336 g/mol. The molecule has 3 amide bonds. The number of hydrogen-bond acceptors (Lipinski definition) is 3. The molecule has 0 aliphatic carbocycles. The topological polar surface area (TPSA) is 55.9 Å². The standard InChI is InChI=1S/C18H32N4O2/c1-2-9-22(16-5-8-19-14-16)17(23)15-6-12-21(13-7-15)18(24)20-10-3-4-11-20/h15-16,19H,2-14H2,1H3. The molecule has 0 spiro atoms. The molecule has 0 radical (unpaired) electrons. The monoisotopic (exact) mass is 336 g/mol. The molecule has 0 aromatic rings. The summed E-state index contributed by atoms with van der Waals surface area (Å²) < 4.78 is 0. The number of carbonyl (C=O) groups is 2. The molecule has 0 aromatic carbocycles. The lowest BCUT2D eigenvalue weighted by molar-refractivity contribution is -0.139. The molecule has 1 atom stereocenters. The van der Waals surface area contributed by atoms with Crippen LogP contribution in [0.2, 0.25) is 0 Å². The second-order valence-corrected chi connectivity index (χ2v) is 7.42. The zero-order valence-corrected chi connectivity index (χ0v) is 15.0. The Bertz CT molecular complexity index is 436. The van der Waals surface area contributed by atoms with Crippen molar-refractivity contribution in [1.29, 1.82) is 0 Å². The van der Waals surface area contributed by atoms with Crippen molar-refractivity contribution in [3.63, 3.8) is 0 Å². The van der Waals surface area contributed by atoms with Gasteiger partial charge in [-0.25, -0.2) is 4.79 Å². The van der Waals surface area contributed by atoms with Gasteiger partial charge in [-0.05, 0) is 45.1 Å². The number of amides is 3. The van der Waals surface area contributed by atoms with Crippen LogP contribution in [0, 0.1) is 5.92 Å². The van der Waals surface area contributed by atoms with Crippen LogP contribution in [-0.2, 0) is 4.79 Å². The van der Waals surface area contributed by atoms with Crippen molar-refractivity contribution in [2.45, 2.75) is 51.5 Å². The quantitative estimate of drug-likeness (QED) is 0.847. The average Bonchev–Trinajstić information content (AvgIpc) is 3.32. The van der Waals surface area contributed by atoms with Crippen LogP contribution >= 0.6 is 0 Å². The molecule has 3 heterocycles. The lowest BCUT2D eigenvalue weighted by Gasteiger charge is -2.37. The zero-order chi connectivity index (χ0) is 16.9. The summed E-state index contributed by atoms with van der Waals surface area (Å²) in [6, 6.07) is 0.547. The molecule has 3 aliphatic heterocycles. The van der Waals surface area contributed by atoms with Gasteiger partial charge in [0.05, 0.1) is 0 Å². The third-order valence-electron chi connectivity index (χ3n) is 5.71. The highest BCUT2D eigenvalue weighted by molar-refractivity contribution is 5.80. The Morgan fingerprint density at radius 3 is 2.29 bits per heavy atom. The highest BCUT2D eigenvalue weighted by Crippen LogP contribution is 2.24. The number of urea groups is 1. The predicted octanol–water partition coefficient (Wildman–Crippen LogP) is 1.51. The fourth-order valence-corrected chi connectivity index (χ4v) is 4.28. The summed E-state index contributed by atoms with van der Waals surface area (Å²) in [6.45, 7) is 8.20. The van der Waals surface area contributed by atoms with E-state index in [4.69, 9.17) is 0 Å². The molecule has 3 aliphatic rings. The smallest absolute Gasteiger partial charge is 0.319 e. The van der Waals surface area contributed by atoms with E-state index >= 15 is 0 Å². The van der Waals surface area contributed by atoms with E-state index < -0.39 is 0 Å². The SMILES string of the molecule is CCCN(C(=O)C1CCN(C(=O)N2CCCC2)CC1)C1CCNC1. The Kier molecular flexibility index (Phi) is 5.98. The van der Waals surface area contributed by atoms with Gasteiger partial charge in [0, 0.05) is 51.2 Å². The maximum atomic E-state index is 13.0. The maximum absolute atomic E-state index is 13.0. The second-order valence-electron chi connectivity index (χ2n) is 7.42. The van der Waals surface area contributed by atoms with Gasteiger partial charge in [-0.3, -0.25) is 4.79 Å². The Morgan fingerprint density at radius 1 is 1.04 bits per heavy atom. The van der Waals surface area contributed by atoms with Gasteiger partial charge in [0.2, 0.25) is 5.91 Å². The molecular formula is C18H32N4O2. The molecule has 136 valence electrons. The molecule has 24 heavy (non-hydrogen) atoms. The number of piperidine rings is 1. The van der Waals surface area contributed by atoms with Crippen LogP contribution in [0.4, 0.5) is 4.79 Å². The number of rotatable bonds is 4. The summed E-state index contributed by atoms with van der Waals surface area (Å²) in [6.07, 6.45) is 5.97. The predicted molar refractivity (Wildman–Crippen MR) is 93.8 cm³/mol. The van der Waals surface area contributed by atoms with Crippen LogP contribution in [-0.4, -0.2) is 78.5 Å². The van der Waals surface area contributed by atoms with E-state index in [1.165, 1.54) is 0 Å². The van der Waals surface area contributed by atoms with Gasteiger partial charge in [-0.2, -0.15) is 0 Å². The largest absolute Gasteiger partial charge is 0.338 e. The minimum Gasteiger partial charge on any atom is -0.338 e. The Labute approximate surface area is 145 Å². The highest BCUT2D eigenvalue weighted by Gasteiger charge is 2.34. The first-order valence-corrected chi connectivity index (χ1v) is 9.75. The Hall–Kier alpha value is -1.30. The number of hydrogen-bond donors (Lipinski definition) is 1. The lowest BCUT2D eigenvalue weighted by atomic mass is 9.94. The van der Waals surface area contributed by atoms with Gasteiger partial charge in [0.25, 0.3) is 0 Å². The van der Waals surface area contributed by atoms with Gasteiger partial charge in [-0.15, -0.1) is 0 Å². The third-order valence-corrected chi connectivity index (χ3v) is 5.71. The number of nitrogens with zero attached hydrogens (tertiary/aromatic N) is 3. The van der Waals surface area contributed by atoms with Gasteiger partial charge in [-0.1, -0.05) is 6.92 Å². The van der Waals surface area contributed by atoms with Gasteiger partial charge in [0.15, 0.2) is 0 Å². The van der Waals surface area contributed by atoms with Crippen molar-refractivity contribution in [3.8, 4) is 0 Å². The van der Waals surface area contributed by atoms with Crippen LogP contribution in [0.1, 0.15) is 45.4 Å². The van der Waals surface area contributed by atoms with Crippen molar-refractivity contribution in [2.75, 3.05) is 45.8 Å². The van der Waals surface area contributed by atoms with Crippen LogP contribution in [0.25, 0.3) is 0 Å². The number of carbonyl (C=O) groups excluding carboxylic acids is 2. The normalized spacial score (nSPS) is 25.3. The van der Waals surface area contributed by atoms with E-state index in [1.54, 1.807) is 0 Å². The summed E-state index contributed by atoms with van der Waals surface area (Å²) in [4.78, 5) is 31.5. The molecule has 3 saturated heterocycles. The number of likely N-dealkylation sites (tertiary alicyclic amines) is 2. The van der Waals surface area contributed by atoms with Crippen LogP contribution < -0.4 is 5.32 Å². The summed E-state index contributed by atoms with van der Waals surface area (Å²) in [5, 5.41) is 3.37. The van der Waals surface area contributed by atoms with Crippen molar-refractivity contribution >= 4 is 11.9 Å². The van der Waals surface area contributed by atoms with Crippen LogP contribution in [0.5, 0.6) is 0 Å². The van der Waals surface area contributed by atoms with E-state index in [-0.39, 0.29) is 11.9 Å². The summed E-state index contributed by atoms with van der Waals surface area (Å²) in [5.74, 6) is 0.415. The van der Waals surface area contributed by atoms with Gasteiger partial charge < -0.3 is 20.0 Å². The second kappa shape index (κ2) is 8.19. The molecular weight excluding hydrogens is 304 g/mol. The van der Waals surface area contributed by atoms with Crippen LogP contribution in [0.3, 0.4) is 0 Å². The van der Waals surface area contributed by atoms with Crippen molar-refractivity contribution < 1.29 is 9.59 Å². The van der Waals surface area contributed by atoms with Crippen LogP contribution in [0.15, 0.2) is 0 Å². The Morgan fingerprint density at radius 2 is 1.71 bits per heavy atom. The molecule has 3 rings (SSSR count). The molecule has 0 aromatic heterocycles. The molecule has 6 heteroatoms. The Balaban J connectivity index is 1.52. The van der Waals surface area contributed by atoms with E-state index in [0.29, 0.717) is 11.9 Å². The molecule has 0 bridgehead atoms. The molecule has 1 N–H and O–H groups in total. The first-order valence-electron chi connectivity index (χ1n) is 9.75. The molecule has 0 saturated carbocycles. The zero-order valence-electron chi connectivity index (χ0n) is 15.0. The highest BCUT2D eigenvalue weighted by atomic mass is 16.2. The first-order chi connectivity index (χ1) is 11.7. The van der Waals surface area contributed by atoms with Gasteiger partial charge in [0.1, 0.15) is 0 Å². The van der Waals surface area contributed by atoms with E-state index in [1.807, 2.05) is 9.80 Å². The fourth-order valence-electron chi connectivity index (χ4n) is 4.28. The number of nitrogens with one attached hydrogen (secondary N) is 1. The minimum absolute atomic E-state index is 0.0970. The van der Waals surface area contributed by atoms with Crippen molar-refractivity contribution in [3.05, 3.63) is 0 Å². The van der Waals surface area contributed by atoms with E-state index in [9.17, 15) is 9.59 Å². The maximum Gasteiger partial charge on any atom is 0.319 e. The lowest BCUT2D eigenvalue weighted by Crippen LogP contribution is -2.50. The third kappa shape index (κ3) is 3.85. The molecule has 6 nitrogen and oxygen atoms in total. The summed E-state index contributed by atoms with van der Waals surface area (Å²) >= 11 is 0. The van der Waals surface area contributed by atoms with Crippen molar-refractivity contribution in [1.82, 2.24) is 20.0 Å². The fraction of sp³-hybridized carbons (Fsp3) is 0.889. The first kappa shape index (κ1) is 17.5. The van der Waals surface area contributed by atoms with E-state index in [0.717, 1.165) is 84.3 Å². The minimum atomic E-state index is 0.0970. The van der Waals surface area contributed by atoms with Gasteiger partial charge >= 0.3 is 6.03 Å². The summed E-state index contributed by atoms with van der Waals surface area (Å²) in [7, 11) is 0. The van der Waals surface area contributed by atoms with E-state index in [2.05, 4.69) is 17.1 Å². The summed E-state index contributed by atoms with van der Waals surface area (Å²) in [5.41, 5.74) is 0. The molecule has 1 unspecified atom stereocenters.